The molecular weight excluding hydrogens is 298 g/mol. The fourth-order valence-corrected chi connectivity index (χ4v) is 3.11. The van der Waals surface area contributed by atoms with Crippen LogP contribution in [0.4, 0.5) is 0 Å². The van der Waals surface area contributed by atoms with E-state index in [1.165, 1.54) is 7.11 Å². The van der Waals surface area contributed by atoms with Crippen LogP contribution < -0.4 is 5.32 Å². The minimum atomic E-state index is -0.370. The number of methoxy groups -OCH3 is 1. The molecule has 0 fully saturated rings. The van der Waals surface area contributed by atoms with Crippen molar-refractivity contribution in [3.05, 3.63) is 63.7 Å². The summed E-state index contributed by atoms with van der Waals surface area (Å²) in [4.78, 5) is 22.1. The molecular formula is C16H15N3O2S. The highest BCUT2D eigenvalue weighted by molar-refractivity contribution is 7.10. The van der Waals surface area contributed by atoms with Crippen molar-refractivity contribution < 1.29 is 9.53 Å². The van der Waals surface area contributed by atoms with E-state index in [0.29, 0.717) is 11.4 Å². The largest absolute Gasteiger partial charge is 0.466 e. The first-order chi connectivity index (χ1) is 10.7. The number of rotatable bonds is 3. The summed E-state index contributed by atoms with van der Waals surface area (Å²) in [6.07, 6.45) is 1.72. The van der Waals surface area contributed by atoms with Crippen LogP contribution >= 0.6 is 11.3 Å². The predicted octanol–water partition coefficient (Wildman–Crippen LogP) is 2.68. The van der Waals surface area contributed by atoms with Crippen LogP contribution in [0.2, 0.25) is 0 Å². The first-order valence-electron chi connectivity index (χ1n) is 6.79. The van der Waals surface area contributed by atoms with E-state index in [-0.39, 0.29) is 12.0 Å². The molecule has 112 valence electrons. The number of amidine groups is 1. The molecule has 1 unspecified atom stereocenters. The summed E-state index contributed by atoms with van der Waals surface area (Å²) >= 11 is 1.56. The van der Waals surface area contributed by atoms with Gasteiger partial charge in [0.15, 0.2) is 5.84 Å². The number of pyridine rings is 1. The standard InChI is InChI=1S/C16H15N3O2S/c1-10-13(16(20)21-2)14(12-7-5-9-22-12)19-15(18-10)11-6-3-4-8-17-11/h3-9,14H,1-2H3,(H,18,19). The van der Waals surface area contributed by atoms with Gasteiger partial charge in [0.2, 0.25) is 0 Å². The second kappa shape index (κ2) is 6.11. The summed E-state index contributed by atoms with van der Waals surface area (Å²) in [6, 6.07) is 9.19. The molecule has 5 nitrogen and oxygen atoms in total. The molecule has 2 aromatic heterocycles. The number of ether oxygens (including phenoxy) is 1. The summed E-state index contributed by atoms with van der Waals surface area (Å²) in [6.45, 7) is 1.85. The van der Waals surface area contributed by atoms with Gasteiger partial charge < -0.3 is 10.1 Å². The third kappa shape index (κ3) is 2.65. The highest BCUT2D eigenvalue weighted by atomic mass is 32.1. The Morgan fingerprint density at radius 2 is 2.18 bits per heavy atom. The fraction of sp³-hybridized carbons (Fsp3) is 0.188. The first-order valence-corrected chi connectivity index (χ1v) is 7.67. The van der Waals surface area contributed by atoms with Gasteiger partial charge in [-0.2, -0.15) is 0 Å². The molecule has 0 aromatic carbocycles. The van der Waals surface area contributed by atoms with Crippen LogP contribution in [0.15, 0.2) is 58.2 Å². The minimum absolute atomic E-state index is 0.368. The second-order valence-electron chi connectivity index (χ2n) is 4.77. The molecule has 6 heteroatoms. The van der Waals surface area contributed by atoms with Gasteiger partial charge in [0, 0.05) is 16.8 Å². The lowest BCUT2D eigenvalue weighted by Gasteiger charge is -2.24. The van der Waals surface area contributed by atoms with E-state index in [2.05, 4.69) is 10.3 Å². The number of carbonyl (C=O) groups is 1. The summed E-state index contributed by atoms with van der Waals surface area (Å²) in [5.74, 6) is 0.288. The molecule has 3 rings (SSSR count). The molecule has 1 aliphatic rings. The summed E-state index contributed by atoms with van der Waals surface area (Å²) in [5, 5.41) is 5.13. The van der Waals surface area contributed by atoms with E-state index >= 15 is 0 Å². The number of esters is 1. The van der Waals surface area contributed by atoms with E-state index in [9.17, 15) is 4.79 Å². The summed E-state index contributed by atoms with van der Waals surface area (Å²) < 4.78 is 4.91. The van der Waals surface area contributed by atoms with Crippen molar-refractivity contribution in [3.63, 3.8) is 0 Å². The van der Waals surface area contributed by atoms with E-state index in [4.69, 9.17) is 9.73 Å². The Morgan fingerprint density at radius 3 is 2.82 bits per heavy atom. The van der Waals surface area contributed by atoms with Crippen molar-refractivity contribution in [1.29, 1.82) is 0 Å². The van der Waals surface area contributed by atoms with Crippen molar-refractivity contribution in [1.82, 2.24) is 10.3 Å². The van der Waals surface area contributed by atoms with Gasteiger partial charge in [-0.25, -0.2) is 4.79 Å². The quantitative estimate of drug-likeness (QED) is 0.885. The molecule has 0 saturated carbocycles. The van der Waals surface area contributed by atoms with Crippen molar-refractivity contribution >= 4 is 23.1 Å². The van der Waals surface area contributed by atoms with Gasteiger partial charge in [-0.1, -0.05) is 12.1 Å². The zero-order valence-electron chi connectivity index (χ0n) is 12.2. The Balaban J connectivity index is 2.07. The van der Waals surface area contributed by atoms with Crippen molar-refractivity contribution in [2.75, 3.05) is 7.11 Å². The number of carbonyl (C=O) groups excluding carboxylic acids is 1. The van der Waals surface area contributed by atoms with Crippen molar-refractivity contribution in [2.45, 2.75) is 13.0 Å². The zero-order chi connectivity index (χ0) is 15.5. The fourth-order valence-electron chi connectivity index (χ4n) is 2.34. The van der Waals surface area contributed by atoms with Gasteiger partial charge in [0.25, 0.3) is 0 Å². The average Bonchev–Trinajstić information content (AvgIpc) is 3.08. The Labute approximate surface area is 132 Å². The molecule has 1 N–H and O–H groups in total. The Bertz CT molecular complexity index is 736. The van der Waals surface area contributed by atoms with Gasteiger partial charge in [-0.05, 0) is 30.5 Å². The lowest BCUT2D eigenvalue weighted by atomic mass is 10.0. The molecule has 1 aliphatic heterocycles. The Hall–Kier alpha value is -2.47. The normalized spacial score (nSPS) is 17.7. The van der Waals surface area contributed by atoms with Crippen LogP contribution in [0.3, 0.4) is 0 Å². The molecule has 2 aromatic rings. The first kappa shape index (κ1) is 14.5. The van der Waals surface area contributed by atoms with Crippen LogP contribution in [0.5, 0.6) is 0 Å². The second-order valence-corrected chi connectivity index (χ2v) is 5.75. The number of allylic oxidation sites excluding steroid dienone is 1. The third-order valence-corrected chi connectivity index (χ3v) is 4.29. The number of hydrogen-bond donors (Lipinski definition) is 1. The van der Waals surface area contributed by atoms with E-state index in [1.807, 2.05) is 42.6 Å². The average molecular weight is 313 g/mol. The molecule has 22 heavy (non-hydrogen) atoms. The number of nitrogens with zero attached hydrogens (tertiary/aromatic N) is 2. The van der Waals surface area contributed by atoms with Crippen LogP contribution in [-0.2, 0) is 9.53 Å². The zero-order valence-corrected chi connectivity index (χ0v) is 13.1. The number of aromatic nitrogens is 1. The van der Waals surface area contributed by atoms with E-state index < -0.39 is 0 Å². The highest BCUT2D eigenvalue weighted by Crippen LogP contribution is 2.34. The van der Waals surface area contributed by atoms with E-state index in [0.717, 1.165) is 16.3 Å². The monoisotopic (exact) mass is 313 g/mol. The topological polar surface area (TPSA) is 63.6 Å². The minimum Gasteiger partial charge on any atom is -0.466 e. The van der Waals surface area contributed by atoms with E-state index in [1.54, 1.807) is 17.5 Å². The predicted molar refractivity (Wildman–Crippen MR) is 85.7 cm³/mol. The maximum absolute atomic E-state index is 12.1. The van der Waals surface area contributed by atoms with Gasteiger partial charge in [-0.3, -0.25) is 9.98 Å². The Morgan fingerprint density at radius 1 is 1.32 bits per heavy atom. The Kier molecular flexibility index (Phi) is 4.02. The SMILES string of the molecule is COC(=O)C1=C(C)NC(c2ccccn2)=NC1c1cccs1. The molecule has 0 spiro atoms. The number of nitrogens with one attached hydrogen (secondary N) is 1. The molecule has 1 atom stereocenters. The van der Waals surface area contributed by atoms with Gasteiger partial charge in [-0.15, -0.1) is 11.3 Å². The summed E-state index contributed by atoms with van der Waals surface area (Å²) in [7, 11) is 1.38. The van der Waals surface area contributed by atoms with Crippen LogP contribution in [0.25, 0.3) is 0 Å². The molecule has 0 aliphatic carbocycles. The lowest BCUT2D eigenvalue weighted by molar-refractivity contribution is -0.136. The molecule has 0 saturated heterocycles. The molecule has 0 radical (unpaired) electrons. The number of aliphatic imine (C=N–C) groups is 1. The van der Waals surface area contributed by atoms with Gasteiger partial charge in [0.1, 0.15) is 11.7 Å². The number of hydrogen-bond acceptors (Lipinski definition) is 6. The number of thiophene rings is 1. The van der Waals surface area contributed by atoms with Crippen LogP contribution in [0.1, 0.15) is 23.5 Å². The highest BCUT2D eigenvalue weighted by Gasteiger charge is 2.31. The van der Waals surface area contributed by atoms with Crippen molar-refractivity contribution in [2.24, 2.45) is 4.99 Å². The maximum atomic E-state index is 12.1. The maximum Gasteiger partial charge on any atom is 0.338 e. The van der Waals surface area contributed by atoms with Gasteiger partial charge >= 0.3 is 5.97 Å². The molecule has 0 amide bonds. The van der Waals surface area contributed by atoms with Gasteiger partial charge in [0.05, 0.1) is 12.7 Å². The third-order valence-electron chi connectivity index (χ3n) is 3.37. The smallest absolute Gasteiger partial charge is 0.338 e. The van der Waals surface area contributed by atoms with Crippen LogP contribution in [-0.4, -0.2) is 23.9 Å². The van der Waals surface area contributed by atoms with Crippen molar-refractivity contribution in [3.8, 4) is 0 Å². The lowest BCUT2D eigenvalue weighted by Crippen LogP contribution is -2.32. The molecule has 0 bridgehead atoms. The molecule has 3 heterocycles. The summed E-state index contributed by atoms with van der Waals surface area (Å²) in [5.41, 5.74) is 2.01. The van der Waals surface area contributed by atoms with Crippen LogP contribution in [0, 0.1) is 0 Å².